The second-order valence-corrected chi connectivity index (χ2v) is 5.78. The van der Waals surface area contributed by atoms with Crippen molar-refractivity contribution in [3.05, 3.63) is 23.7 Å². The van der Waals surface area contributed by atoms with Gasteiger partial charge in [-0.05, 0) is 57.3 Å². The maximum absolute atomic E-state index is 8.53. The fourth-order valence-electron chi connectivity index (χ4n) is 0.836. The summed E-state index contributed by atoms with van der Waals surface area (Å²) in [6.07, 6.45) is 0. The summed E-state index contributed by atoms with van der Waals surface area (Å²) in [7, 11) is 0. The van der Waals surface area contributed by atoms with Crippen LogP contribution in [0, 0.1) is 29.8 Å². The third kappa shape index (κ3) is 3.57. The zero-order chi connectivity index (χ0) is 12.1. The Morgan fingerprint density at radius 3 is 2.19 bits per heavy atom. The van der Waals surface area contributed by atoms with Crippen LogP contribution in [0.15, 0.2) is 21.7 Å². The zero-order valence-corrected chi connectivity index (χ0v) is 13.5. The molecule has 80 valence electrons. The second-order valence-electron chi connectivity index (χ2n) is 2.54. The van der Waals surface area contributed by atoms with E-state index in [1.165, 1.54) is 0 Å². The summed E-state index contributed by atoms with van der Waals surface area (Å²) in [5.41, 5.74) is 3.30. The predicted octanol–water partition coefficient (Wildman–Crippen LogP) is 3.47. The molecule has 1 aromatic carbocycles. The number of benzene rings is 1. The molecule has 16 heavy (non-hydrogen) atoms. The van der Waals surface area contributed by atoms with E-state index in [0.29, 0.717) is 0 Å². The van der Waals surface area contributed by atoms with Gasteiger partial charge in [-0.25, -0.2) is 0 Å². The van der Waals surface area contributed by atoms with Crippen molar-refractivity contribution in [1.82, 2.24) is 0 Å². The van der Waals surface area contributed by atoms with E-state index in [-0.39, 0.29) is 5.71 Å². The third-order valence-corrected chi connectivity index (χ3v) is 3.66. The molecule has 0 spiro atoms. The quantitative estimate of drug-likeness (QED) is 0.384. The number of nitrogens with zero attached hydrogens (tertiary/aromatic N) is 3. The van der Waals surface area contributed by atoms with Crippen LogP contribution in [0.1, 0.15) is 0 Å². The number of hydrogen-bond donors (Lipinski definition) is 1. The van der Waals surface area contributed by atoms with Gasteiger partial charge in [0, 0.05) is 11.6 Å². The third-order valence-electron chi connectivity index (χ3n) is 1.50. The van der Waals surface area contributed by atoms with Gasteiger partial charge in [-0.1, -0.05) is 15.9 Å². The van der Waals surface area contributed by atoms with Crippen LogP contribution >= 0.6 is 61.1 Å². The van der Waals surface area contributed by atoms with Crippen molar-refractivity contribution < 1.29 is 0 Å². The summed E-state index contributed by atoms with van der Waals surface area (Å²) in [4.78, 5) is 0. The number of rotatable bonds is 2. The number of anilines is 1. The van der Waals surface area contributed by atoms with Crippen LogP contribution in [-0.4, -0.2) is 5.71 Å². The molecule has 0 bridgehead atoms. The normalized spacial score (nSPS) is 8.81. The predicted molar refractivity (Wildman–Crippen MR) is 81.9 cm³/mol. The van der Waals surface area contributed by atoms with Gasteiger partial charge in [0.25, 0.3) is 0 Å². The molecule has 1 N–H and O–H groups in total. The molecule has 0 aliphatic heterocycles. The highest BCUT2D eigenvalue weighted by atomic mass is 127. The molecule has 0 aliphatic carbocycles. The second kappa shape index (κ2) is 6.37. The highest BCUT2D eigenvalue weighted by molar-refractivity contribution is 14.1. The molecule has 0 saturated heterocycles. The number of nitriles is 2. The Kier molecular flexibility index (Phi) is 5.44. The largest absolute Gasteiger partial charge is 0.274 e. The number of hydrazone groups is 1. The van der Waals surface area contributed by atoms with Gasteiger partial charge in [-0.2, -0.15) is 15.6 Å². The minimum Gasteiger partial charge on any atom is -0.274 e. The molecule has 0 fully saturated rings. The standard InChI is InChI=1S/C9H3BrI2N4/c10-5-1-7(11)9(8(12)2-5)16-15-6(3-13)4-14/h1-2,16H. The summed E-state index contributed by atoms with van der Waals surface area (Å²) in [6, 6.07) is 7.20. The van der Waals surface area contributed by atoms with Crippen molar-refractivity contribution in [3.63, 3.8) is 0 Å². The lowest BCUT2D eigenvalue weighted by molar-refractivity contribution is 1.31. The van der Waals surface area contributed by atoms with E-state index >= 15 is 0 Å². The van der Waals surface area contributed by atoms with Crippen LogP contribution in [0.5, 0.6) is 0 Å². The van der Waals surface area contributed by atoms with Crippen LogP contribution in [-0.2, 0) is 0 Å². The molecular weight excluding hydrogens is 498 g/mol. The number of nitrogens with one attached hydrogen (secondary N) is 1. The van der Waals surface area contributed by atoms with Crippen LogP contribution < -0.4 is 5.43 Å². The summed E-state index contributed by atoms with van der Waals surface area (Å²) in [5.74, 6) is 0. The summed E-state index contributed by atoms with van der Waals surface area (Å²) in [6.45, 7) is 0. The number of halogens is 3. The lowest BCUT2D eigenvalue weighted by Gasteiger charge is -2.06. The van der Waals surface area contributed by atoms with Crippen LogP contribution in [0.3, 0.4) is 0 Å². The van der Waals surface area contributed by atoms with Crippen molar-refractivity contribution in [1.29, 1.82) is 10.5 Å². The Morgan fingerprint density at radius 1 is 1.25 bits per heavy atom. The zero-order valence-electron chi connectivity index (χ0n) is 7.63. The molecule has 0 amide bonds. The maximum atomic E-state index is 8.53. The molecule has 0 heterocycles. The fraction of sp³-hybridized carbons (Fsp3) is 0. The van der Waals surface area contributed by atoms with Crippen molar-refractivity contribution in [3.8, 4) is 12.1 Å². The van der Waals surface area contributed by atoms with E-state index in [0.717, 1.165) is 17.3 Å². The molecule has 1 aromatic rings. The van der Waals surface area contributed by atoms with Crippen molar-refractivity contribution in [2.45, 2.75) is 0 Å². The van der Waals surface area contributed by atoms with Crippen LogP contribution in [0.4, 0.5) is 5.69 Å². The summed E-state index contributed by atoms with van der Waals surface area (Å²) < 4.78 is 2.88. The smallest absolute Gasteiger partial charge is 0.237 e. The van der Waals surface area contributed by atoms with Gasteiger partial charge < -0.3 is 0 Å². The van der Waals surface area contributed by atoms with Crippen LogP contribution in [0.2, 0.25) is 0 Å². The summed E-state index contributed by atoms with van der Waals surface area (Å²) in [5, 5.41) is 20.8. The van der Waals surface area contributed by atoms with E-state index in [9.17, 15) is 0 Å². The van der Waals surface area contributed by atoms with Gasteiger partial charge in [0.1, 0.15) is 12.1 Å². The SMILES string of the molecule is N#CC(C#N)=NNc1c(I)cc(Br)cc1I. The Bertz CT molecular complexity index is 488. The van der Waals surface area contributed by atoms with Gasteiger partial charge in [0.15, 0.2) is 0 Å². The molecule has 0 unspecified atom stereocenters. The Hall–Kier alpha value is -0.390. The lowest BCUT2D eigenvalue weighted by Crippen LogP contribution is -1.99. The minimum absolute atomic E-state index is 0.200. The molecule has 0 radical (unpaired) electrons. The molecule has 0 aliphatic rings. The van der Waals surface area contributed by atoms with Gasteiger partial charge in [-0.3, -0.25) is 5.43 Å². The summed E-state index contributed by atoms with van der Waals surface area (Å²) >= 11 is 7.68. The Morgan fingerprint density at radius 2 is 1.75 bits per heavy atom. The van der Waals surface area contributed by atoms with Crippen LogP contribution in [0.25, 0.3) is 0 Å². The molecule has 7 heteroatoms. The fourth-order valence-corrected chi connectivity index (χ4v) is 4.16. The van der Waals surface area contributed by atoms with Gasteiger partial charge in [0.2, 0.25) is 5.71 Å². The highest BCUT2D eigenvalue weighted by Crippen LogP contribution is 2.28. The van der Waals surface area contributed by atoms with Gasteiger partial charge in [0.05, 0.1) is 5.69 Å². The molecule has 4 nitrogen and oxygen atoms in total. The average molecular weight is 501 g/mol. The van der Waals surface area contributed by atoms with E-state index in [1.807, 2.05) is 12.1 Å². The molecular formula is C9H3BrI2N4. The van der Waals surface area contributed by atoms with Crippen molar-refractivity contribution in [2.24, 2.45) is 5.10 Å². The minimum atomic E-state index is -0.200. The first-order valence-corrected chi connectivity index (χ1v) is 6.82. The van der Waals surface area contributed by atoms with E-state index in [4.69, 9.17) is 10.5 Å². The molecule has 1 rings (SSSR count). The average Bonchev–Trinajstić information content (AvgIpc) is 2.22. The van der Waals surface area contributed by atoms with Crippen molar-refractivity contribution in [2.75, 3.05) is 5.43 Å². The maximum Gasteiger partial charge on any atom is 0.237 e. The van der Waals surface area contributed by atoms with Crippen molar-refractivity contribution >= 4 is 72.5 Å². The first-order chi connectivity index (χ1) is 7.58. The highest BCUT2D eigenvalue weighted by Gasteiger charge is 2.06. The van der Waals surface area contributed by atoms with E-state index in [1.54, 1.807) is 12.1 Å². The van der Waals surface area contributed by atoms with Gasteiger partial charge >= 0.3 is 0 Å². The first-order valence-electron chi connectivity index (χ1n) is 3.87. The van der Waals surface area contributed by atoms with E-state index < -0.39 is 0 Å². The monoisotopic (exact) mass is 500 g/mol. The first kappa shape index (κ1) is 13.7. The molecule has 0 atom stereocenters. The van der Waals surface area contributed by atoms with Gasteiger partial charge in [-0.15, -0.1) is 0 Å². The Labute approximate surface area is 128 Å². The molecule has 0 saturated carbocycles. The molecule has 0 aromatic heterocycles. The lowest BCUT2D eigenvalue weighted by atomic mass is 10.3. The number of hydrogen-bond acceptors (Lipinski definition) is 4. The topological polar surface area (TPSA) is 72.0 Å². The van der Waals surface area contributed by atoms with E-state index in [2.05, 4.69) is 71.6 Å². The Balaban J connectivity index is 3.05.